The molecule has 2 nitrogen and oxygen atoms in total. The van der Waals surface area contributed by atoms with E-state index in [2.05, 4.69) is 17.1 Å². The molecule has 1 N–H and O–H groups in total. The molecular weight excluding hydrogens is 160 g/mol. The van der Waals surface area contributed by atoms with Gasteiger partial charge in [0, 0.05) is 6.54 Å². The van der Waals surface area contributed by atoms with Crippen LogP contribution in [0.15, 0.2) is 0 Å². The predicted molar refractivity (Wildman–Crippen MR) is 55.8 cm³/mol. The minimum absolute atomic E-state index is 1.02. The Morgan fingerprint density at radius 1 is 1.23 bits per heavy atom. The van der Waals surface area contributed by atoms with Gasteiger partial charge in [0.1, 0.15) is 0 Å². The molecule has 1 aliphatic heterocycles. The van der Waals surface area contributed by atoms with E-state index in [0.29, 0.717) is 0 Å². The summed E-state index contributed by atoms with van der Waals surface area (Å²) in [5.41, 5.74) is 0. The van der Waals surface area contributed by atoms with Crippen molar-refractivity contribution in [2.45, 2.75) is 26.2 Å². The van der Waals surface area contributed by atoms with Crippen molar-refractivity contribution in [3.8, 4) is 0 Å². The fourth-order valence-corrected chi connectivity index (χ4v) is 2.26. The van der Waals surface area contributed by atoms with Gasteiger partial charge in [-0.2, -0.15) is 0 Å². The van der Waals surface area contributed by atoms with E-state index in [1.807, 2.05) is 0 Å². The molecule has 1 aliphatic carbocycles. The summed E-state index contributed by atoms with van der Waals surface area (Å²) < 4.78 is 0. The molecule has 1 heterocycles. The van der Waals surface area contributed by atoms with Crippen molar-refractivity contribution in [2.24, 2.45) is 11.8 Å². The van der Waals surface area contributed by atoms with Gasteiger partial charge in [0.25, 0.3) is 0 Å². The standard InChI is InChI=1S/C11H22N2/c1-10-8-11(10)9-13-6-2-4-12-5-3-7-13/h10-12H,2-9H2,1H3. The monoisotopic (exact) mass is 182 g/mol. The van der Waals surface area contributed by atoms with Gasteiger partial charge in [0.05, 0.1) is 0 Å². The van der Waals surface area contributed by atoms with Gasteiger partial charge in [-0.3, -0.25) is 0 Å². The van der Waals surface area contributed by atoms with E-state index in [9.17, 15) is 0 Å². The van der Waals surface area contributed by atoms with Gasteiger partial charge in [-0.1, -0.05) is 6.92 Å². The first kappa shape index (κ1) is 9.47. The first-order chi connectivity index (χ1) is 6.36. The molecule has 1 saturated heterocycles. The molecule has 2 rings (SSSR count). The van der Waals surface area contributed by atoms with E-state index in [4.69, 9.17) is 0 Å². The Labute approximate surface area is 81.7 Å². The summed E-state index contributed by atoms with van der Waals surface area (Å²) in [5.74, 6) is 2.05. The highest BCUT2D eigenvalue weighted by molar-refractivity contribution is 4.85. The van der Waals surface area contributed by atoms with Crippen molar-refractivity contribution in [1.82, 2.24) is 10.2 Å². The Kier molecular flexibility index (Phi) is 3.23. The lowest BCUT2D eigenvalue weighted by molar-refractivity contribution is 0.240. The fourth-order valence-electron chi connectivity index (χ4n) is 2.26. The average molecular weight is 182 g/mol. The van der Waals surface area contributed by atoms with Crippen LogP contribution in [-0.4, -0.2) is 37.6 Å². The van der Waals surface area contributed by atoms with Crippen molar-refractivity contribution in [2.75, 3.05) is 32.7 Å². The van der Waals surface area contributed by atoms with Crippen molar-refractivity contribution < 1.29 is 0 Å². The molecule has 0 spiro atoms. The zero-order valence-corrected chi connectivity index (χ0v) is 8.76. The molecule has 13 heavy (non-hydrogen) atoms. The third-order valence-corrected chi connectivity index (χ3v) is 3.42. The molecule has 1 saturated carbocycles. The van der Waals surface area contributed by atoms with E-state index in [-0.39, 0.29) is 0 Å². The van der Waals surface area contributed by atoms with Crippen LogP contribution in [0.2, 0.25) is 0 Å². The summed E-state index contributed by atoms with van der Waals surface area (Å²) in [7, 11) is 0. The van der Waals surface area contributed by atoms with Crippen LogP contribution < -0.4 is 5.32 Å². The topological polar surface area (TPSA) is 15.3 Å². The Morgan fingerprint density at radius 3 is 2.38 bits per heavy atom. The number of nitrogens with one attached hydrogen (secondary N) is 1. The quantitative estimate of drug-likeness (QED) is 0.693. The van der Waals surface area contributed by atoms with E-state index in [1.54, 1.807) is 0 Å². The molecule has 76 valence electrons. The van der Waals surface area contributed by atoms with Crippen LogP contribution in [0.4, 0.5) is 0 Å². The SMILES string of the molecule is CC1CC1CN1CCCNCCC1. The van der Waals surface area contributed by atoms with E-state index >= 15 is 0 Å². The van der Waals surface area contributed by atoms with Gasteiger partial charge >= 0.3 is 0 Å². The van der Waals surface area contributed by atoms with Crippen LogP contribution in [0.5, 0.6) is 0 Å². The summed E-state index contributed by atoms with van der Waals surface area (Å²) in [6.07, 6.45) is 4.15. The molecule has 0 aromatic rings. The third kappa shape index (κ3) is 2.96. The molecule has 2 aliphatic rings. The first-order valence-corrected chi connectivity index (χ1v) is 5.79. The van der Waals surface area contributed by atoms with E-state index in [0.717, 1.165) is 11.8 Å². The van der Waals surface area contributed by atoms with Crippen LogP contribution in [-0.2, 0) is 0 Å². The first-order valence-electron chi connectivity index (χ1n) is 5.79. The highest BCUT2D eigenvalue weighted by Crippen LogP contribution is 2.38. The molecule has 0 aromatic heterocycles. The lowest BCUT2D eigenvalue weighted by Crippen LogP contribution is -2.35. The molecule has 0 radical (unpaired) electrons. The van der Waals surface area contributed by atoms with E-state index in [1.165, 1.54) is 52.0 Å². The maximum absolute atomic E-state index is 3.46. The number of nitrogens with zero attached hydrogens (tertiary/aromatic N) is 1. The number of hydrogen-bond acceptors (Lipinski definition) is 2. The predicted octanol–water partition coefficient (Wildman–Crippen LogP) is 1.33. The minimum Gasteiger partial charge on any atom is -0.317 e. The summed E-state index contributed by atoms with van der Waals surface area (Å²) in [6, 6.07) is 0. The molecule has 0 amide bonds. The Hall–Kier alpha value is -0.0800. The van der Waals surface area contributed by atoms with Crippen LogP contribution >= 0.6 is 0 Å². The van der Waals surface area contributed by atoms with Gasteiger partial charge in [-0.25, -0.2) is 0 Å². The van der Waals surface area contributed by atoms with Crippen LogP contribution in [0.1, 0.15) is 26.2 Å². The van der Waals surface area contributed by atoms with Crippen molar-refractivity contribution in [3.63, 3.8) is 0 Å². The van der Waals surface area contributed by atoms with Crippen LogP contribution in [0, 0.1) is 11.8 Å². The van der Waals surface area contributed by atoms with Crippen LogP contribution in [0.25, 0.3) is 0 Å². The summed E-state index contributed by atoms with van der Waals surface area (Å²) in [5, 5.41) is 3.46. The zero-order valence-electron chi connectivity index (χ0n) is 8.76. The fraction of sp³-hybridized carbons (Fsp3) is 1.00. The van der Waals surface area contributed by atoms with Gasteiger partial charge in [-0.15, -0.1) is 0 Å². The number of rotatable bonds is 2. The summed E-state index contributed by atoms with van der Waals surface area (Å²) in [4.78, 5) is 2.68. The van der Waals surface area contributed by atoms with Crippen molar-refractivity contribution in [1.29, 1.82) is 0 Å². The second-order valence-electron chi connectivity index (χ2n) is 4.73. The lowest BCUT2D eigenvalue weighted by atomic mass is 10.2. The van der Waals surface area contributed by atoms with Crippen molar-refractivity contribution >= 4 is 0 Å². The molecule has 2 unspecified atom stereocenters. The van der Waals surface area contributed by atoms with Crippen LogP contribution in [0.3, 0.4) is 0 Å². The second-order valence-corrected chi connectivity index (χ2v) is 4.73. The molecule has 0 aromatic carbocycles. The lowest BCUT2D eigenvalue weighted by Gasteiger charge is -2.24. The smallest absolute Gasteiger partial charge is 0.00123 e. The Morgan fingerprint density at radius 2 is 1.85 bits per heavy atom. The average Bonchev–Trinajstić information content (AvgIpc) is 2.72. The second kappa shape index (κ2) is 4.43. The van der Waals surface area contributed by atoms with Gasteiger partial charge in [0.15, 0.2) is 0 Å². The van der Waals surface area contributed by atoms with Gasteiger partial charge < -0.3 is 10.2 Å². The largest absolute Gasteiger partial charge is 0.317 e. The molecule has 2 atom stereocenters. The molecule has 0 bridgehead atoms. The minimum atomic E-state index is 1.02. The Bertz CT molecular complexity index is 150. The maximum atomic E-state index is 3.46. The molecular formula is C11H22N2. The Balaban J connectivity index is 1.69. The molecule has 2 heteroatoms. The normalized spacial score (nSPS) is 36.7. The third-order valence-electron chi connectivity index (χ3n) is 3.42. The van der Waals surface area contributed by atoms with Gasteiger partial charge in [0.2, 0.25) is 0 Å². The number of hydrogen-bond donors (Lipinski definition) is 1. The maximum Gasteiger partial charge on any atom is 0.00123 e. The van der Waals surface area contributed by atoms with E-state index < -0.39 is 0 Å². The molecule has 2 fully saturated rings. The zero-order chi connectivity index (χ0) is 9.10. The van der Waals surface area contributed by atoms with Crippen molar-refractivity contribution in [3.05, 3.63) is 0 Å². The highest BCUT2D eigenvalue weighted by Gasteiger charge is 2.33. The van der Waals surface area contributed by atoms with Gasteiger partial charge in [-0.05, 0) is 57.3 Å². The summed E-state index contributed by atoms with van der Waals surface area (Å²) in [6.45, 7) is 8.83. The highest BCUT2D eigenvalue weighted by atomic mass is 15.1. The summed E-state index contributed by atoms with van der Waals surface area (Å²) >= 11 is 0.